The summed E-state index contributed by atoms with van der Waals surface area (Å²) < 4.78 is 0.762. The first-order valence-corrected chi connectivity index (χ1v) is 8.16. The molecule has 0 bridgehead atoms. The molecule has 1 N–H and O–H groups in total. The maximum absolute atomic E-state index is 12.3. The Labute approximate surface area is 137 Å². The topological polar surface area (TPSA) is 58.1 Å². The highest BCUT2D eigenvalue weighted by Crippen LogP contribution is 2.21. The highest BCUT2D eigenvalue weighted by atomic mass is 79.9. The molecule has 22 heavy (non-hydrogen) atoms. The number of rotatable bonds is 3. The summed E-state index contributed by atoms with van der Waals surface area (Å²) in [6.45, 7) is 2.02. The Morgan fingerprint density at radius 3 is 2.68 bits per heavy atom. The first-order chi connectivity index (χ1) is 10.7. The summed E-state index contributed by atoms with van der Waals surface area (Å²) in [7, 11) is 0. The molecule has 1 saturated heterocycles. The van der Waals surface area contributed by atoms with Crippen molar-refractivity contribution >= 4 is 33.5 Å². The molecule has 3 rings (SSSR count). The number of hydrogen-bond donors (Lipinski definition) is 1. The number of halogens is 1. The number of amides is 1. The zero-order valence-electron chi connectivity index (χ0n) is 12.1. The molecule has 2 heterocycles. The lowest BCUT2D eigenvalue weighted by molar-refractivity contribution is 0.102. The van der Waals surface area contributed by atoms with Crippen LogP contribution in [-0.4, -0.2) is 29.0 Å². The molecule has 1 aliphatic heterocycles. The standard InChI is InChI=1S/C16H17BrN4O/c17-13-7-3-2-6-12(13)16(22)20-14-10-15(19-11-18-14)21-8-4-1-5-9-21/h2-3,6-7,10-11H,1,4-5,8-9H2,(H,18,19,20,22). The fourth-order valence-electron chi connectivity index (χ4n) is 2.54. The number of nitrogens with zero attached hydrogens (tertiary/aromatic N) is 3. The van der Waals surface area contributed by atoms with Gasteiger partial charge >= 0.3 is 0 Å². The van der Waals surface area contributed by atoms with Crippen molar-refractivity contribution in [2.75, 3.05) is 23.3 Å². The third kappa shape index (κ3) is 3.44. The maximum atomic E-state index is 12.3. The van der Waals surface area contributed by atoms with Crippen LogP contribution in [0.3, 0.4) is 0 Å². The van der Waals surface area contributed by atoms with Crippen LogP contribution in [0.15, 0.2) is 41.1 Å². The van der Waals surface area contributed by atoms with Gasteiger partial charge in [0, 0.05) is 23.6 Å². The lowest BCUT2D eigenvalue weighted by atomic mass is 10.1. The van der Waals surface area contributed by atoms with Crippen LogP contribution < -0.4 is 10.2 Å². The van der Waals surface area contributed by atoms with Crippen LogP contribution in [0.2, 0.25) is 0 Å². The Morgan fingerprint density at radius 1 is 1.14 bits per heavy atom. The zero-order valence-corrected chi connectivity index (χ0v) is 13.7. The van der Waals surface area contributed by atoms with Gasteiger partial charge in [-0.2, -0.15) is 0 Å². The smallest absolute Gasteiger partial charge is 0.257 e. The zero-order chi connectivity index (χ0) is 15.4. The van der Waals surface area contributed by atoms with E-state index in [1.807, 2.05) is 24.3 Å². The van der Waals surface area contributed by atoms with Crippen molar-refractivity contribution in [3.05, 3.63) is 46.7 Å². The van der Waals surface area contributed by atoms with E-state index in [-0.39, 0.29) is 5.91 Å². The van der Waals surface area contributed by atoms with Gasteiger partial charge in [-0.15, -0.1) is 0 Å². The van der Waals surface area contributed by atoms with Crippen LogP contribution in [0.4, 0.5) is 11.6 Å². The summed E-state index contributed by atoms with van der Waals surface area (Å²) in [5.74, 6) is 1.21. The number of benzene rings is 1. The Bertz CT molecular complexity index is 671. The number of anilines is 2. The number of hydrogen-bond acceptors (Lipinski definition) is 4. The third-order valence-corrected chi connectivity index (χ3v) is 4.38. The van der Waals surface area contributed by atoms with Gasteiger partial charge in [0.25, 0.3) is 5.91 Å². The molecule has 0 atom stereocenters. The van der Waals surface area contributed by atoms with E-state index >= 15 is 0 Å². The molecule has 1 aromatic heterocycles. The van der Waals surface area contributed by atoms with Crippen molar-refractivity contribution in [1.82, 2.24) is 9.97 Å². The first-order valence-electron chi connectivity index (χ1n) is 7.37. The summed E-state index contributed by atoms with van der Waals surface area (Å²) in [6.07, 6.45) is 5.14. The molecule has 0 saturated carbocycles. The van der Waals surface area contributed by atoms with E-state index in [4.69, 9.17) is 0 Å². The largest absolute Gasteiger partial charge is 0.356 e. The predicted octanol–water partition coefficient (Wildman–Crippen LogP) is 3.48. The minimum Gasteiger partial charge on any atom is -0.356 e. The van der Waals surface area contributed by atoms with E-state index in [1.54, 1.807) is 6.07 Å². The molecule has 1 aliphatic rings. The van der Waals surface area contributed by atoms with Crippen LogP contribution in [0.5, 0.6) is 0 Å². The van der Waals surface area contributed by atoms with Crippen molar-refractivity contribution in [1.29, 1.82) is 0 Å². The van der Waals surface area contributed by atoms with Gasteiger partial charge in [-0.25, -0.2) is 9.97 Å². The molecule has 5 nitrogen and oxygen atoms in total. The summed E-state index contributed by atoms with van der Waals surface area (Å²) >= 11 is 3.39. The SMILES string of the molecule is O=C(Nc1cc(N2CCCCC2)ncn1)c1ccccc1Br. The molecular weight excluding hydrogens is 344 g/mol. The Kier molecular flexibility index (Phi) is 4.68. The molecule has 0 unspecified atom stereocenters. The second-order valence-electron chi connectivity index (χ2n) is 5.24. The van der Waals surface area contributed by atoms with E-state index in [2.05, 4.69) is 36.1 Å². The Balaban J connectivity index is 1.75. The number of nitrogens with one attached hydrogen (secondary N) is 1. The Morgan fingerprint density at radius 2 is 1.91 bits per heavy atom. The highest BCUT2D eigenvalue weighted by Gasteiger charge is 2.14. The van der Waals surface area contributed by atoms with Gasteiger partial charge in [0.05, 0.1) is 5.56 Å². The number of carbonyl (C=O) groups excluding carboxylic acids is 1. The Hall–Kier alpha value is -1.95. The maximum Gasteiger partial charge on any atom is 0.257 e. The molecule has 0 spiro atoms. The number of aromatic nitrogens is 2. The minimum atomic E-state index is -0.184. The van der Waals surface area contributed by atoms with Crippen molar-refractivity contribution in [2.45, 2.75) is 19.3 Å². The number of carbonyl (C=O) groups is 1. The normalized spacial score (nSPS) is 14.7. The monoisotopic (exact) mass is 360 g/mol. The van der Waals surface area contributed by atoms with Crippen LogP contribution in [0.25, 0.3) is 0 Å². The fraction of sp³-hybridized carbons (Fsp3) is 0.312. The predicted molar refractivity (Wildman–Crippen MR) is 90.2 cm³/mol. The fourth-order valence-corrected chi connectivity index (χ4v) is 3.01. The molecular formula is C16H17BrN4O. The lowest BCUT2D eigenvalue weighted by Gasteiger charge is -2.27. The third-order valence-electron chi connectivity index (χ3n) is 3.69. The van der Waals surface area contributed by atoms with Crippen LogP contribution >= 0.6 is 15.9 Å². The molecule has 1 aromatic carbocycles. The first kappa shape index (κ1) is 15.0. The second-order valence-corrected chi connectivity index (χ2v) is 6.10. The van der Waals surface area contributed by atoms with E-state index in [1.165, 1.54) is 25.6 Å². The van der Waals surface area contributed by atoms with Crippen molar-refractivity contribution in [2.24, 2.45) is 0 Å². The van der Waals surface area contributed by atoms with Crippen LogP contribution in [0.1, 0.15) is 29.6 Å². The quantitative estimate of drug-likeness (QED) is 0.910. The lowest BCUT2D eigenvalue weighted by Crippen LogP contribution is -2.30. The molecule has 1 fully saturated rings. The van der Waals surface area contributed by atoms with Gasteiger partial charge in [0.1, 0.15) is 18.0 Å². The highest BCUT2D eigenvalue weighted by molar-refractivity contribution is 9.10. The van der Waals surface area contributed by atoms with E-state index < -0.39 is 0 Å². The van der Waals surface area contributed by atoms with Crippen molar-refractivity contribution in [3.8, 4) is 0 Å². The molecule has 1 amide bonds. The molecule has 6 heteroatoms. The van der Waals surface area contributed by atoms with Gasteiger partial charge in [-0.05, 0) is 47.3 Å². The van der Waals surface area contributed by atoms with Gasteiger partial charge in [0.2, 0.25) is 0 Å². The van der Waals surface area contributed by atoms with Crippen molar-refractivity contribution < 1.29 is 4.79 Å². The van der Waals surface area contributed by atoms with E-state index in [9.17, 15) is 4.79 Å². The van der Waals surface area contributed by atoms with Gasteiger partial charge in [-0.3, -0.25) is 4.79 Å². The summed E-state index contributed by atoms with van der Waals surface area (Å²) in [5, 5.41) is 2.83. The van der Waals surface area contributed by atoms with Crippen LogP contribution in [-0.2, 0) is 0 Å². The van der Waals surface area contributed by atoms with Gasteiger partial charge in [-0.1, -0.05) is 12.1 Å². The van der Waals surface area contributed by atoms with Crippen LogP contribution in [0, 0.1) is 0 Å². The summed E-state index contributed by atoms with van der Waals surface area (Å²) in [6, 6.07) is 9.15. The minimum absolute atomic E-state index is 0.184. The van der Waals surface area contributed by atoms with Crippen molar-refractivity contribution in [3.63, 3.8) is 0 Å². The molecule has 114 valence electrons. The number of piperidine rings is 1. The summed E-state index contributed by atoms with van der Waals surface area (Å²) in [4.78, 5) is 23.0. The molecule has 0 radical (unpaired) electrons. The van der Waals surface area contributed by atoms with Gasteiger partial charge < -0.3 is 10.2 Å². The van der Waals surface area contributed by atoms with E-state index in [0.717, 1.165) is 23.4 Å². The van der Waals surface area contributed by atoms with Gasteiger partial charge in [0.15, 0.2) is 0 Å². The van der Waals surface area contributed by atoms with E-state index in [0.29, 0.717) is 11.4 Å². The molecule has 2 aromatic rings. The average molecular weight is 361 g/mol. The second kappa shape index (κ2) is 6.87. The summed E-state index contributed by atoms with van der Waals surface area (Å²) in [5.41, 5.74) is 0.584. The average Bonchev–Trinajstić information content (AvgIpc) is 2.56. The molecule has 0 aliphatic carbocycles.